The van der Waals surface area contributed by atoms with Gasteiger partial charge < -0.3 is 19.3 Å². The van der Waals surface area contributed by atoms with Crippen molar-refractivity contribution < 1.29 is 9.52 Å². The average Bonchev–Trinajstić information content (AvgIpc) is 3.80. The van der Waals surface area contributed by atoms with Gasteiger partial charge in [0.2, 0.25) is 0 Å². The van der Waals surface area contributed by atoms with E-state index in [1.807, 2.05) is 18.2 Å². The lowest BCUT2D eigenvalue weighted by Gasteiger charge is -2.30. The second kappa shape index (κ2) is 17.1. The third kappa shape index (κ3) is 6.82. The summed E-state index contributed by atoms with van der Waals surface area (Å²) in [5, 5.41) is 21.6. The number of hydrogen-bond acceptors (Lipinski definition) is 4. The smallest absolute Gasteiger partial charge is 0.159 e. The van der Waals surface area contributed by atoms with Gasteiger partial charge in [-0.1, -0.05) is 170 Å². The molecule has 13 aromatic rings. The Morgan fingerprint density at radius 1 is 0.333 bits per heavy atom. The Bertz CT molecular complexity index is 4190. The molecule has 0 saturated heterocycles. The van der Waals surface area contributed by atoms with Crippen LogP contribution in [0.4, 0.5) is 34.1 Å². The number of fused-ring (bicyclic) bond motifs is 3. The number of anilines is 6. The van der Waals surface area contributed by atoms with E-state index in [9.17, 15) is 5.11 Å². The molecule has 1 N–H and O–H groups in total. The Morgan fingerprint density at radius 3 is 1.40 bits per heavy atom. The highest BCUT2D eigenvalue weighted by molar-refractivity contribution is 6.28. The van der Waals surface area contributed by atoms with Crippen LogP contribution >= 0.6 is 0 Å². The van der Waals surface area contributed by atoms with Crippen LogP contribution in [0.1, 0.15) is 22.3 Å². The summed E-state index contributed by atoms with van der Waals surface area (Å²) < 4.78 is 7.17. The molecule has 4 heteroatoms. The van der Waals surface area contributed by atoms with E-state index in [1.54, 1.807) is 0 Å². The standard InChI is InChI=1S/C68H50N2O2/c1-42-17-11-18-43(2)62(42)49-22-13-21-48(41-49)52-27-15-31-60(66(52)71)69(50-23-7-5-8-24-50)58-39-35-46-34-38-56-59(40-36-47-33-37-55(58)64(46)65(47)56)70(51-25-9-6-10-26-51)61-32-16-29-54-53-28-14-30-57(67(53)72-68(54)61)63-44(3)19-12-20-45(63)4/h5-41,71H,1-4H3. The van der Waals surface area contributed by atoms with Gasteiger partial charge in [0.05, 0.1) is 22.7 Å². The average molecular weight is 927 g/mol. The van der Waals surface area contributed by atoms with Crippen molar-refractivity contribution in [2.45, 2.75) is 27.7 Å². The molecule has 0 amide bonds. The number of nitrogens with zero attached hydrogens (tertiary/aromatic N) is 2. The van der Waals surface area contributed by atoms with Crippen molar-refractivity contribution in [1.29, 1.82) is 0 Å². The summed E-state index contributed by atoms with van der Waals surface area (Å²) in [6, 6.07) is 79.6. The number of aromatic hydroxyl groups is 1. The maximum atomic E-state index is 12.6. The Balaban J connectivity index is 1.01. The normalized spacial score (nSPS) is 11.7. The van der Waals surface area contributed by atoms with Crippen LogP contribution in [-0.4, -0.2) is 5.11 Å². The van der Waals surface area contributed by atoms with Crippen LogP contribution in [0.2, 0.25) is 0 Å². The van der Waals surface area contributed by atoms with Gasteiger partial charge in [0.1, 0.15) is 11.3 Å². The van der Waals surface area contributed by atoms with Gasteiger partial charge >= 0.3 is 0 Å². The largest absolute Gasteiger partial charge is 0.505 e. The predicted octanol–water partition coefficient (Wildman–Crippen LogP) is 19.4. The van der Waals surface area contributed by atoms with E-state index in [-0.39, 0.29) is 5.75 Å². The van der Waals surface area contributed by atoms with Crippen LogP contribution in [0.25, 0.3) is 87.6 Å². The van der Waals surface area contributed by atoms with Crippen LogP contribution < -0.4 is 9.80 Å². The van der Waals surface area contributed by atoms with E-state index in [0.29, 0.717) is 5.69 Å². The highest BCUT2D eigenvalue weighted by Gasteiger charge is 2.26. The zero-order chi connectivity index (χ0) is 48.6. The van der Waals surface area contributed by atoms with Gasteiger partial charge in [0.25, 0.3) is 0 Å². The van der Waals surface area contributed by atoms with Gasteiger partial charge in [0, 0.05) is 44.0 Å². The monoisotopic (exact) mass is 926 g/mol. The number of phenolic OH excluding ortho intramolecular Hbond substituents is 1. The highest BCUT2D eigenvalue weighted by atomic mass is 16.3. The van der Waals surface area contributed by atoms with Crippen molar-refractivity contribution in [1.82, 2.24) is 0 Å². The summed E-state index contributed by atoms with van der Waals surface area (Å²) in [5.74, 6) is 0.215. The molecule has 12 aromatic carbocycles. The molecule has 0 aliphatic carbocycles. The molecule has 13 rings (SSSR count). The van der Waals surface area contributed by atoms with Crippen LogP contribution in [0.3, 0.4) is 0 Å². The third-order valence-electron chi connectivity index (χ3n) is 14.8. The first-order chi connectivity index (χ1) is 35.3. The molecule has 1 aromatic heterocycles. The van der Waals surface area contributed by atoms with E-state index in [0.717, 1.165) is 99.6 Å². The molecule has 0 spiro atoms. The van der Waals surface area contributed by atoms with E-state index in [2.05, 4.69) is 244 Å². The zero-order valence-corrected chi connectivity index (χ0v) is 40.6. The van der Waals surface area contributed by atoms with Crippen molar-refractivity contribution in [2.24, 2.45) is 0 Å². The molecule has 344 valence electrons. The molecule has 0 aliphatic heterocycles. The van der Waals surface area contributed by atoms with Gasteiger partial charge in [-0.15, -0.1) is 0 Å². The van der Waals surface area contributed by atoms with Crippen molar-refractivity contribution in [2.75, 3.05) is 9.80 Å². The highest BCUT2D eigenvalue weighted by Crippen LogP contribution is 2.51. The molecule has 0 radical (unpaired) electrons. The fourth-order valence-corrected chi connectivity index (χ4v) is 11.6. The van der Waals surface area contributed by atoms with Crippen molar-refractivity contribution >= 4 is 88.4 Å². The minimum atomic E-state index is 0.215. The number of furan rings is 1. The summed E-state index contributed by atoms with van der Waals surface area (Å²) in [6.07, 6.45) is 0. The summed E-state index contributed by atoms with van der Waals surface area (Å²) in [6.45, 7) is 8.68. The minimum absolute atomic E-state index is 0.215. The Kier molecular flexibility index (Phi) is 10.2. The Morgan fingerprint density at radius 2 is 0.792 bits per heavy atom. The van der Waals surface area contributed by atoms with E-state index >= 15 is 0 Å². The van der Waals surface area contributed by atoms with Gasteiger partial charge in [-0.3, -0.25) is 0 Å². The molecule has 4 nitrogen and oxygen atoms in total. The first-order valence-corrected chi connectivity index (χ1v) is 24.7. The number of para-hydroxylation sites is 5. The van der Waals surface area contributed by atoms with E-state index in [4.69, 9.17) is 4.42 Å². The van der Waals surface area contributed by atoms with Crippen molar-refractivity contribution in [3.8, 4) is 39.1 Å². The molecule has 1 heterocycles. The van der Waals surface area contributed by atoms with E-state index in [1.165, 1.54) is 38.8 Å². The second-order valence-corrected chi connectivity index (χ2v) is 19.2. The van der Waals surface area contributed by atoms with Gasteiger partial charge in [-0.2, -0.15) is 0 Å². The SMILES string of the molecule is Cc1cccc(C)c1-c1cccc(-c2cccc(N(c3ccccc3)c3ccc4ccc5c(N(c6ccccc6)c6cccc7c6oc6c(-c8c(C)cccc8C)cccc67)ccc6ccc3c4c65)c2O)c1. The first-order valence-electron chi connectivity index (χ1n) is 24.7. The lowest BCUT2D eigenvalue weighted by molar-refractivity contribution is 0.478. The lowest BCUT2D eigenvalue weighted by atomic mass is 9.91. The number of rotatable bonds is 9. The molecular formula is C68H50N2O2. The molecule has 72 heavy (non-hydrogen) atoms. The minimum Gasteiger partial charge on any atom is -0.505 e. The molecule has 0 bridgehead atoms. The number of hydrogen-bond donors (Lipinski definition) is 1. The number of aryl methyl sites for hydroxylation is 4. The van der Waals surface area contributed by atoms with Crippen LogP contribution in [0.15, 0.2) is 229 Å². The molecule has 0 atom stereocenters. The molecule has 0 fully saturated rings. The lowest BCUT2D eigenvalue weighted by Crippen LogP contribution is -2.12. The van der Waals surface area contributed by atoms with Gasteiger partial charge in [0.15, 0.2) is 5.58 Å². The molecule has 0 unspecified atom stereocenters. The summed E-state index contributed by atoms with van der Waals surface area (Å²) in [5.41, 5.74) is 18.6. The topological polar surface area (TPSA) is 39.9 Å². The van der Waals surface area contributed by atoms with Crippen molar-refractivity contribution in [3.05, 3.63) is 247 Å². The summed E-state index contributed by atoms with van der Waals surface area (Å²) in [7, 11) is 0. The maximum absolute atomic E-state index is 12.6. The van der Waals surface area contributed by atoms with Crippen LogP contribution in [-0.2, 0) is 0 Å². The first kappa shape index (κ1) is 42.9. The summed E-state index contributed by atoms with van der Waals surface area (Å²) in [4.78, 5) is 4.58. The van der Waals surface area contributed by atoms with Crippen LogP contribution in [0.5, 0.6) is 5.75 Å². The fourth-order valence-electron chi connectivity index (χ4n) is 11.6. The van der Waals surface area contributed by atoms with E-state index < -0.39 is 0 Å². The third-order valence-corrected chi connectivity index (χ3v) is 14.8. The second-order valence-electron chi connectivity index (χ2n) is 19.2. The molecular weight excluding hydrogens is 877 g/mol. The van der Waals surface area contributed by atoms with Crippen molar-refractivity contribution in [3.63, 3.8) is 0 Å². The quantitative estimate of drug-likeness (QED) is 0.146. The summed E-state index contributed by atoms with van der Waals surface area (Å²) >= 11 is 0. The number of benzene rings is 12. The predicted molar refractivity (Wildman–Crippen MR) is 304 cm³/mol. The maximum Gasteiger partial charge on any atom is 0.159 e. The van der Waals surface area contributed by atoms with Gasteiger partial charge in [-0.05, 0) is 148 Å². The Hall–Kier alpha value is -9.12. The fraction of sp³-hybridized carbons (Fsp3) is 0.0588. The van der Waals surface area contributed by atoms with Gasteiger partial charge in [-0.25, -0.2) is 0 Å². The Labute approximate surface area is 419 Å². The van der Waals surface area contributed by atoms with Crippen LogP contribution in [0, 0.1) is 27.7 Å². The number of phenols is 1. The molecule has 0 saturated carbocycles. The molecule has 0 aliphatic rings. The zero-order valence-electron chi connectivity index (χ0n) is 40.6.